The number of nitrogens with two attached hydrogens (primary N) is 1. The van der Waals surface area contributed by atoms with Gasteiger partial charge in [0.2, 0.25) is 0 Å². The van der Waals surface area contributed by atoms with Crippen LogP contribution in [0.3, 0.4) is 0 Å². The number of aromatic nitrogens is 3. The second-order valence-electron chi connectivity index (χ2n) is 5.47. The average molecular weight is 322 g/mol. The molecular weight excluding hydrogens is 307 g/mol. The van der Waals surface area contributed by atoms with Crippen molar-refractivity contribution in [3.8, 4) is 11.3 Å². The summed E-state index contributed by atoms with van der Waals surface area (Å²) in [5.41, 5.74) is 9.03. The van der Waals surface area contributed by atoms with Crippen molar-refractivity contribution in [1.29, 1.82) is 0 Å². The lowest BCUT2D eigenvalue weighted by molar-refractivity contribution is 0.0995. The lowest BCUT2D eigenvalue weighted by Gasteiger charge is -2.07. The van der Waals surface area contributed by atoms with Crippen LogP contribution in [0.15, 0.2) is 48.7 Å². The summed E-state index contributed by atoms with van der Waals surface area (Å²) in [5.74, 6) is -0.912. The molecule has 0 atom stereocenters. The second kappa shape index (κ2) is 6.54. The van der Waals surface area contributed by atoms with Crippen molar-refractivity contribution in [2.75, 3.05) is 0 Å². The van der Waals surface area contributed by atoms with Gasteiger partial charge in [0.15, 0.2) is 5.69 Å². The van der Waals surface area contributed by atoms with E-state index in [0.29, 0.717) is 23.4 Å². The monoisotopic (exact) mass is 322 g/mol. The van der Waals surface area contributed by atoms with Crippen molar-refractivity contribution in [2.24, 2.45) is 5.73 Å². The molecule has 1 amide bonds. The molecule has 0 aliphatic carbocycles. The third-order valence-corrected chi connectivity index (χ3v) is 3.55. The Kier molecular flexibility index (Phi) is 4.29. The van der Waals surface area contributed by atoms with Crippen LogP contribution in [0.4, 0.5) is 4.39 Å². The van der Waals surface area contributed by atoms with Gasteiger partial charge in [0.1, 0.15) is 5.82 Å². The molecule has 1 aromatic carbocycles. The van der Waals surface area contributed by atoms with Crippen LogP contribution in [0.5, 0.6) is 0 Å². The number of nitrogens with zero attached hydrogens (tertiary/aromatic N) is 3. The van der Waals surface area contributed by atoms with E-state index in [2.05, 4.69) is 15.2 Å². The lowest BCUT2D eigenvalue weighted by Crippen LogP contribution is -2.16. The molecule has 5 nitrogen and oxygen atoms in total. The van der Waals surface area contributed by atoms with Gasteiger partial charge in [-0.15, -0.1) is 5.10 Å². The number of carbonyl (C=O) groups excluding carboxylic acids is 1. The number of rotatable bonds is 4. The summed E-state index contributed by atoms with van der Waals surface area (Å²) in [4.78, 5) is 15.9. The second-order valence-corrected chi connectivity index (χ2v) is 5.47. The van der Waals surface area contributed by atoms with Crippen LogP contribution >= 0.6 is 0 Å². The number of carbonyl (C=O) groups is 1. The summed E-state index contributed by atoms with van der Waals surface area (Å²) in [6, 6.07) is 11.8. The van der Waals surface area contributed by atoms with Gasteiger partial charge in [-0.2, -0.15) is 5.10 Å². The number of amides is 1. The van der Waals surface area contributed by atoms with E-state index in [-0.39, 0.29) is 11.5 Å². The summed E-state index contributed by atoms with van der Waals surface area (Å²) in [7, 11) is 0. The van der Waals surface area contributed by atoms with E-state index in [1.807, 2.05) is 12.1 Å². The predicted molar refractivity (Wildman–Crippen MR) is 87.7 cm³/mol. The van der Waals surface area contributed by atoms with E-state index < -0.39 is 5.91 Å². The van der Waals surface area contributed by atoms with Gasteiger partial charge in [0.25, 0.3) is 5.91 Å². The number of primary amides is 1. The molecule has 3 aromatic rings. The molecule has 2 aromatic heterocycles. The summed E-state index contributed by atoms with van der Waals surface area (Å²) in [5, 5.41) is 7.70. The highest BCUT2D eigenvalue weighted by Crippen LogP contribution is 2.21. The number of halogens is 1. The molecule has 0 aliphatic heterocycles. The quantitative estimate of drug-likeness (QED) is 0.800. The van der Waals surface area contributed by atoms with Crippen LogP contribution in [0.2, 0.25) is 0 Å². The van der Waals surface area contributed by atoms with Crippen molar-refractivity contribution in [1.82, 2.24) is 15.2 Å². The highest BCUT2D eigenvalue weighted by molar-refractivity contribution is 5.97. The first-order valence-corrected chi connectivity index (χ1v) is 7.37. The summed E-state index contributed by atoms with van der Waals surface area (Å²) in [6.07, 6.45) is 2.27. The Labute approximate surface area is 138 Å². The molecule has 0 aliphatic rings. The van der Waals surface area contributed by atoms with Crippen LogP contribution in [0, 0.1) is 12.7 Å². The molecule has 120 valence electrons. The first-order valence-electron chi connectivity index (χ1n) is 7.37. The van der Waals surface area contributed by atoms with Crippen molar-refractivity contribution in [3.63, 3.8) is 0 Å². The average Bonchev–Trinajstić information content (AvgIpc) is 2.55. The van der Waals surface area contributed by atoms with Crippen LogP contribution in [-0.4, -0.2) is 21.1 Å². The highest BCUT2D eigenvalue weighted by Gasteiger charge is 2.14. The first kappa shape index (κ1) is 15.7. The molecule has 0 radical (unpaired) electrons. The van der Waals surface area contributed by atoms with Crippen molar-refractivity contribution >= 4 is 5.91 Å². The van der Waals surface area contributed by atoms with Gasteiger partial charge in [-0.05, 0) is 48.7 Å². The van der Waals surface area contributed by atoms with E-state index in [1.54, 1.807) is 31.3 Å². The SMILES string of the molecule is Cc1cc(-c2ccc(Cc3cccc(F)c3)cn2)c(C(N)=O)nn1. The molecule has 0 saturated carbocycles. The highest BCUT2D eigenvalue weighted by atomic mass is 19.1. The van der Waals surface area contributed by atoms with Crippen molar-refractivity contribution in [2.45, 2.75) is 13.3 Å². The molecule has 0 fully saturated rings. The number of hydrogen-bond acceptors (Lipinski definition) is 4. The van der Waals surface area contributed by atoms with Gasteiger partial charge in [0, 0.05) is 11.8 Å². The van der Waals surface area contributed by atoms with Gasteiger partial charge >= 0.3 is 0 Å². The molecule has 2 heterocycles. The zero-order chi connectivity index (χ0) is 17.1. The van der Waals surface area contributed by atoms with Gasteiger partial charge < -0.3 is 5.73 Å². The van der Waals surface area contributed by atoms with Crippen LogP contribution < -0.4 is 5.73 Å². The summed E-state index contributed by atoms with van der Waals surface area (Å²) < 4.78 is 13.2. The smallest absolute Gasteiger partial charge is 0.269 e. The molecule has 2 N–H and O–H groups in total. The Morgan fingerprint density at radius 3 is 2.62 bits per heavy atom. The zero-order valence-electron chi connectivity index (χ0n) is 13.0. The fourth-order valence-electron chi connectivity index (χ4n) is 2.44. The number of aryl methyl sites for hydroxylation is 1. The Hall–Kier alpha value is -3.15. The largest absolute Gasteiger partial charge is 0.364 e. The maximum Gasteiger partial charge on any atom is 0.269 e. The molecule has 0 saturated heterocycles. The molecule has 6 heteroatoms. The summed E-state index contributed by atoms with van der Waals surface area (Å²) in [6.45, 7) is 1.78. The van der Waals surface area contributed by atoms with Crippen molar-refractivity contribution in [3.05, 3.63) is 77.0 Å². The Bertz CT molecular complexity index is 894. The molecule has 0 spiro atoms. The van der Waals surface area contributed by atoms with E-state index in [9.17, 15) is 9.18 Å². The fourth-order valence-corrected chi connectivity index (χ4v) is 2.44. The minimum absolute atomic E-state index is 0.0889. The van der Waals surface area contributed by atoms with Crippen LogP contribution in [0.1, 0.15) is 27.3 Å². The maximum atomic E-state index is 13.2. The predicted octanol–water partition coefficient (Wildman–Crippen LogP) is 2.68. The fraction of sp³-hybridized carbons (Fsp3) is 0.111. The van der Waals surface area contributed by atoms with Crippen molar-refractivity contribution < 1.29 is 9.18 Å². The van der Waals surface area contributed by atoms with E-state index in [4.69, 9.17) is 5.73 Å². The van der Waals surface area contributed by atoms with Gasteiger partial charge in [-0.1, -0.05) is 18.2 Å². The maximum absolute atomic E-state index is 13.2. The third kappa shape index (κ3) is 3.43. The van der Waals surface area contributed by atoms with E-state index >= 15 is 0 Å². The molecular formula is C18H15FN4O. The minimum Gasteiger partial charge on any atom is -0.364 e. The van der Waals surface area contributed by atoms with Gasteiger partial charge in [0.05, 0.1) is 11.4 Å². The lowest BCUT2D eigenvalue weighted by atomic mass is 10.0. The standard InChI is InChI=1S/C18H15FN4O/c1-11-7-15(17(18(20)24)23-22-11)16-6-5-13(10-21-16)8-12-3-2-4-14(19)9-12/h2-7,9-10H,8H2,1H3,(H2,20,24). The molecule has 0 bridgehead atoms. The van der Waals surface area contributed by atoms with Gasteiger partial charge in [-0.25, -0.2) is 4.39 Å². The number of pyridine rings is 1. The minimum atomic E-state index is -0.650. The topological polar surface area (TPSA) is 81.8 Å². The molecule has 0 unspecified atom stereocenters. The van der Waals surface area contributed by atoms with Gasteiger partial charge in [-0.3, -0.25) is 9.78 Å². The summed E-state index contributed by atoms with van der Waals surface area (Å²) >= 11 is 0. The Morgan fingerprint density at radius 1 is 1.12 bits per heavy atom. The van der Waals surface area contributed by atoms with Crippen LogP contribution in [0.25, 0.3) is 11.3 Å². The normalized spacial score (nSPS) is 10.6. The first-order chi connectivity index (χ1) is 11.5. The zero-order valence-corrected chi connectivity index (χ0v) is 13.0. The third-order valence-electron chi connectivity index (χ3n) is 3.55. The Balaban J connectivity index is 1.90. The van der Waals surface area contributed by atoms with E-state index in [0.717, 1.165) is 11.1 Å². The number of benzene rings is 1. The van der Waals surface area contributed by atoms with Crippen LogP contribution in [-0.2, 0) is 6.42 Å². The number of hydrogen-bond donors (Lipinski definition) is 1. The Morgan fingerprint density at radius 2 is 1.96 bits per heavy atom. The molecule has 3 rings (SSSR count). The van der Waals surface area contributed by atoms with E-state index in [1.165, 1.54) is 12.1 Å². The molecule has 24 heavy (non-hydrogen) atoms.